The lowest BCUT2D eigenvalue weighted by atomic mass is 9.82. The van der Waals surface area contributed by atoms with Crippen LogP contribution in [0.5, 0.6) is 0 Å². The van der Waals surface area contributed by atoms with E-state index in [1.54, 1.807) is 0 Å². The second kappa shape index (κ2) is 7.53. The molecular formula is C17H33N. The average Bonchev–Trinajstić information content (AvgIpc) is 2.76. The molecule has 0 aromatic rings. The van der Waals surface area contributed by atoms with Gasteiger partial charge in [-0.3, -0.25) is 0 Å². The van der Waals surface area contributed by atoms with Crippen molar-refractivity contribution >= 4 is 0 Å². The summed E-state index contributed by atoms with van der Waals surface area (Å²) < 4.78 is 0. The van der Waals surface area contributed by atoms with E-state index in [4.69, 9.17) is 0 Å². The van der Waals surface area contributed by atoms with Crippen molar-refractivity contribution in [2.75, 3.05) is 6.54 Å². The normalized spacial score (nSPS) is 34.0. The van der Waals surface area contributed by atoms with Crippen molar-refractivity contribution < 1.29 is 0 Å². The van der Waals surface area contributed by atoms with Gasteiger partial charge >= 0.3 is 0 Å². The quantitative estimate of drug-likeness (QED) is 0.717. The standard InChI is InChI=1S/C17H33N/c1-3-13-18-17-12-11-16(14(17)2)10-9-15-7-5-4-6-8-15/h14-18H,3-13H2,1-2H3. The van der Waals surface area contributed by atoms with Gasteiger partial charge in [0.1, 0.15) is 0 Å². The minimum atomic E-state index is 0.821. The third-order valence-electron chi connectivity index (χ3n) is 5.55. The summed E-state index contributed by atoms with van der Waals surface area (Å²) in [6.45, 7) is 5.98. The molecule has 0 aliphatic heterocycles. The molecule has 2 rings (SSSR count). The minimum Gasteiger partial charge on any atom is -0.314 e. The molecule has 0 radical (unpaired) electrons. The first-order valence-electron chi connectivity index (χ1n) is 8.54. The van der Waals surface area contributed by atoms with E-state index in [0.717, 1.165) is 23.8 Å². The van der Waals surface area contributed by atoms with Crippen molar-refractivity contribution in [1.82, 2.24) is 5.32 Å². The summed E-state index contributed by atoms with van der Waals surface area (Å²) in [4.78, 5) is 0. The largest absolute Gasteiger partial charge is 0.314 e. The van der Waals surface area contributed by atoms with Gasteiger partial charge in [0.05, 0.1) is 0 Å². The zero-order valence-corrected chi connectivity index (χ0v) is 12.6. The molecule has 0 saturated heterocycles. The van der Waals surface area contributed by atoms with Gasteiger partial charge in [0, 0.05) is 6.04 Å². The van der Waals surface area contributed by atoms with Gasteiger partial charge in [-0.25, -0.2) is 0 Å². The van der Waals surface area contributed by atoms with E-state index >= 15 is 0 Å². The van der Waals surface area contributed by atoms with Gasteiger partial charge in [0.15, 0.2) is 0 Å². The van der Waals surface area contributed by atoms with E-state index < -0.39 is 0 Å². The summed E-state index contributed by atoms with van der Waals surface area (Å²) >= 11 is 0. The molecule has 2 saturated carbocycles. The molecule has 2 aliphatic carbocycles. The second-order valence-electron chi connectivity index (χ2n) is 6.84. The summed E-state index contributed by atoms with van der Waals surface area (Å²) in [6, 6.07) is 0.821. The molecule has 106 valence electrons. The van der Waals surface area contributed by atoms with Crippen molar-refractivity contribution in [1.29, 1.82) is 0 Å². The van der Waals surface area contributed by atoms with Gasteiger partial charge in [-0.1, -0.05) is 52.4 Å². The molecule has 2 fully saturated rings. The van der Waals surface area contributed by atoms with Crippen LogP contribution in [0.25, 0.3) is 0 Å². The van der Waals surface area contributed by atoms with Gasteiger partial charge in [-0.15, -0.1) is 0 Å². The maximum atomic E-state index is 3.75. The first-order chi connectivity index (χ1) is 8.81. The highest BCUT2D eigenvalue weighted by atomic mass is 14.9. The Morgan fingerprint density at radius 3 is 2.44 bits per heavy atom. The predicted molar refractivity (Wildman–Crippen MR) is 79.8 cm³/mol. The van der Waals surface area contributed by atoms with Crippen LogP contribution in [0, 0.1) is 17.8 Å². The molecule has 1 N–H and O–H groups in total. The fourth-order valence-electron chi connectivity index (χ4n) is 4.20. The van der Waals surface area contributed by atoms with E-state index in [2.05, 4.69) is 19.2 Å². The lowest BCUT2D eigenvalue weighted by Crippen LogP contribution is -2.33. The van der Waals surface area contributed by atoms with Gasteiger partial charge in [-0.2, -0.15) is 0 Å². The second-order valence-corrected chi connectivity index (χ2v) is 6.84. The van der Waals surface area contributed by atoms with Gasteiger partial charge in [-0.05, 0) is 50.0 Å². The summed E-state index contributed by atoms with van der Waals surface area (Å²) in [5.41, 5.74) is 0. The molecule has 1 heteroatoms. The summed E-state index contributed by atoms with van der Waals surface area (Å²) in [6.07, 6.45) is 14.8. The van der Waals surface area contributed by atoms with Crippen LogP contribution in [0.4, 0.5) is 0 Å². The Kier molecular flexibility index (Phi) is 6.01. The Balaban J connectivity index is 1.66. The van der Waals surface area contributed by atoms with Crippen LogP contribution in [0.1, 0.15) is 78.1 Å². The first kappa shape index (κ1) is 14.4. The van der Waals surface area contributed by atoms with Crippen LogP contribution in [-0.2, 0) is 0 Å². The smallest absolute Gasteiger partial charge is 0.00954 e. The summed E-state index contributed by atoms with van der Waals surface area (Å²) in [7, 11) is 0. The monoisotopic (exact) mass is 251 g/mol. The topological polar surface area (TPSA) is 12.0 Å². The Morgan fingerprint density at radius 2 is 1.72 bits per heavy atom. The highest BCUT2D eigenvalue weighted by molar-refractivity contribution is 4.87. The van der Waals surface area contributed by atoms with E-state index in [1.165, 1.54) is 70.8 Å². The van der Waals surface area contributed by atoms with Gasteiger partial charge in [0.25, 0.3) is 0 Å². The third-order valence-corrected chi connectivity index (χ3v) is 5.55. The van der Waals surface area contributed by atoms with Crippen LogP contribution in [-0.4, -0.2) is 12.6 Å². The predicted octanol–water partition coefficient (Wildman–Crippen LogP) is 4.76. The minimum absolute atomic E-state index is 0.821. The number of hydrogen-bond acceptors (Lipinski definition) is 1. The van der Waals surface area contributed by atoms with E-state index in [-0.39, 0.29) is 0 Å². The Hall–Kier alpha value is -0.0400. The van der Waals surface area contributed by atoms with E-state index in [1.807, 2.05) is 0 Å². The van der Waals surface area contributed by atoms with Crippen LogP contribution in [0.2, 0.25) is 0 Å². The van der Waals surface area contributed by atoms with Gasteiger partial charge in [0.2, 0.25) is 0 Å². The molecule has 18 heavy (non-hydrogen) atoms. The molecule has 0 aromatic carbocycles. The molecule has 0 spiro atoms. The number of nitrogens with one attached hydrogen (secondary N) is 1. The van der Waals surface area contributed by atoms with Gasteiger partial charge < -0.3 is 5.32 Å². The summed E-state index contributed by atoms with van der Waals surface area (Å²) in [5, 5.41) is 3.75. The zero-order chi connectivity index (χ0) is 12.8. The van der Waals surface area contributed by atoms with Crippen molar-refractivity contribution in [3.8, 4) is 0 Å². The third kappa shape index (κ3) is 3.98. The lowest BCUT2D eigenvalue weighted by Gasteiger charge is -2.25. The van der Waals surface area contributed by atoms with Crippen LogP contribution < -0.4 is 5.32 Å². The fraction of sp³-hybridized carbons (Fsp3) is 1.00. The van der Waals surface area contributed by atoms with Crippen molar-refractivity contribution in [3.63, 3.8) is 0 Å². The maximum Gasteiger partial charge on any atom is 0.00954 e. The number of hydrogen-bond donors (Lipinski definition) is 1. The molecule has 3 atom stereocenters. The molecular weight excluding hydrogens is 218 g/mol. The Labute approximate surface area is 114 Å². The lowest BCUT2D eigenvalue weighted by molar-refractivity contribution is 0.275. The molecule has 1 nitrogen and oxygen atoms in total. The number of rotatable bonds is 6. The van der Waals surface area contributed by atoms with Crippen molar-refractivity contribution in [3.05, 3.63) is 0 Å². The molecule has 0 heterocycles. The average molecular weight is 251 g/mol. The van der Waals surface area contributed by atoms with Crippen molar-refractivity contribution in [2.24, 2.45) is 17.8 Å². The Morgan fingerprint density at radius 1 is 0.944 bits per heavy atom. The molecule has 0 bridgehead atoms. The first-order valence-corrected chi connectivity index (χ1v) is 8.54. The summed E-state index contributed by atoms with van der Waals surface area (Å²) in [5.74, 6) is 3.01. The van der Waals surface area contributed by atoms with E-state index in [0.29, 0.717) is 0 Å². The van der Waals surface area contributed by atoms with Crippen molar-refractivity contribution in [2.45, 2.75) is 84.1 Å². The van der Waals surface area contributed by atoms with E-state index in [9.17, 15) is 0 Å². The highest BCUT2D eigenvalue weighted by Gasteiger charge is 2.32. The zero-order valence-electron chi connectivity index (χ0n) is 12.6. The maximum absolute atomic E-state index is 3.75. The SMILES string of the molecule is CCCNC1CCC(CCC2CCCCC2)C1C. The molecule has 0 aromatic heterocycles. The fourth-order valence-corrected chi connectivity index (χ4v) is 4.20. The Bertz CT molecular complexity index is 220. The van der Waals surface area contributed by atoms with Crippen LogP contribution >= 0.6 is 0 Å². The molecule has 0 amide bonds. The molecule has 2 aliphatic rings. The van der Waals surface area contributed by atoms with Crippen LogP contribution in [0.15, 0.2) is 0 Å². The van der Waals surface area contributed by atoms with Crippen LogP contribution in [0.3, 0.4) is 0 Å². The highest BCUT2D eigenvalue weighted by Crippen LogP contribution is 2.37. The molecule has 3 unspecified atom stereocenters.